The Bertz CT molecular complexity index is 236. The highest BCUT2D eigenvalue weighted by Crippen LogP contribution is 2.30. The van der Waals surface area contributed by atoms with E-state index in [4.69, 9.17) is 14.3 Å². The SMILES string of the molecule is CCCC1ON=C(CC)C1C1OCCO1. The van der Waals surface area contributed by atoms with E-state index in [2.05, 4.69) is 19.0 Å². The molecule has 2 aliphatic heterocycles. The molecule has 86 valence electrons. The van der Waals surface area contributed by atoms with Crippen LogP contribution in [0.1, 0.15) is 33.1 Å². The number of rotatable bonds is 4. The highest BCUT2D eigenvalue weighted by atomic mass is 16.7. The molecule has 1 fully saturated rings. The number of ether oxygens (including phenoxy) is 2. The van der Waals surface area contributed by atoms with Gasteiger partial charge in [0.25, 0.3) is 0 Å². The lowest BCUT2D eigenvalue weighted by molar-refractivity contribution is -0.0968. The first-order valence-corrected chi connectivity index (χ1v) is 5.82. The van der Waals surface area contributed by atoms with Gasteiger partial charge in [-0.05, 0) is 12.8 Å². The first-order chi connectivity index (χ1) is 7.36. The summed E-state index contributed by atoms with van der Waals surface area (Å²) < 4.78 is 11.1. The van der Waals surface area contributed by atoms with Crippen molar-refractivity contribution < 1.29 is 14.3 Å². The summed E-state index contributed by atoms with van der Waals surface area (Å²) in [4.78, 5) is 5.45. The lowest BCUT2D eigenvalue weighted by Crippen LogP contribution is -2.35. The third-order valence-corrected chi connectivity index (χ3v) is 2.97. The number of nitrogens with zero attached hydrogens (tertiary/aromatic N) is 1. The zero-order valence-corrected chi connectivity index (χ0v) is 9.44. The van der Waals surface area contributed by atoms with Gasteiger partial charge in [0.05, 0.1) is 24.8 Å². The highest BCUT2D eigenvalue weighted by Gasteiger charge is 2.41. The first-order valence-electron chi connectivity index (χ1n) is 5.82. The molecule has 1 saturated heterocycles. The van der Waals surface area contributed by atoms with Crippen LogP contribution in [0.2, 0.25) is 0 Å². The molecule has 15 heavy (non-hydrogen) atoms. The van der Waals surface area contributed by atoms with Crippen LogP contribution in [0, 0.1) is 5.92 Å². The summed E-state index contributed by atoms with van der Waals surface area (Å²) in [6, 6.07) is 0. The summed E-state index contributed by atoms with van der Waals surface area (Å²) in [6.45, 7) is 5.63. The molecule has 2 unspecified atom stereocenters. The maximum atomic E-state index is 5.56. The Morgan fingerprint density at radius 2 is 2.00 bits per heavy atom. The molecule has 0 saturated carbocycles. The molecule has 2 rings (SSSR count). The van der Waals surface area contributed by atoms with E-state index in [9.17, 15) is 0 Å². The third kappa shape index (κ3) is 2.16. The summed E-state index contributed by atoms with van der Waals surface area (Å²) in [5.41, 5.74) is 1.08. The molecular weight excluding hydrogens is 194 g/mol. The fraction of sp³-hybridized carbons (Fsp3) is 0.909. The maximum absolute atomic E-state index is 5.56. The molecular formula is C11H19NO3. The van der Waals surface area contributed by atoms with E-state index < -0.39 is 0 Å². The Morgan fingerprint density at radius 1 is 1.27 bits per heavy atom. The second-order valence-corrected chi connectivity index (χ2v) is 4.00. The van der Waals surface area contributed by atoms with Gasteiger partial charge in [0.1, 0.15) is 6.10 Å². The molecule has 4 nitrogen and oxygen atoms in total. The van der Waals surface area contributed by atoms with E-state index in [1.165, 1.54) is 0 Å². The molecule has 0 amide bonds. The van der Waals surface area contributed by atoms with Crippen molar-refractivity contribution in [3.63, 3.8) is 0 Å². The van der Waals surface area contributed by atoms with Crippen molar-refractivity contribution in [1.29, 1.82) is 0 Å². The minimum atomic E-state index is -0.136. The van der Waals surface area contributed by atoms with Crippen molar-refractivity contribution in [3.05, 3.63) is 0 Å². The van der Waals surface area contributed by atoms with Crippen LogP contribution in [-0.4, -0.2) is 31.3 Å². The third-order valence-electron chi connectivity index (χ3n) is 2.97. The average molecular weight is 213 g/mol. The number of hydrogen-bond acceptors (Lipinski definition) is 4. The van der Waals surface area contributed by atoms with Crippen LogP contribution < -0.4 is 0 Å². The quantitative estimate of drug-likeness (QED) is 0.716. The summed E-state index contributed by atoms with van der Waals surface area (Å²) in [7, 11) is 0. The van der Waals surface area contributed by atoms with Crippen molar-refractivity contribution in [2.45, 2.75) is 45.5 Å². The minimum Gasteiger partial charge on any atom is -0.392 e. The number of oxime groups is 1. The van der Waals surface area contributed by atoms with Crippen LogP contribution in [0.3, 0.4) is 0 Å². The molecule has 0 aromatic carbocycles. The van der Waals surface area contributed by atoms with Crippen LogP contribution >= 0.6 is 0 Å². The summed E-state index contributed by atoms with van der Waals surface area (Å²) in [5.74, 6) is 0.206. The van der Waals surface area contributed by atoms with Gasteiger partial charge in [0.2, 0.25) is 0 Å². The van der Waals surface area contributed by atoms with Crippen molar-refractivity contribution >= 4 is 5.71 Å². The van der Waals surface area contributed by atoms with Gasteiger partial charge in [0, 0.05) is 0 Å². The van der Waals surface area contributed by atoms with Gasteiger partial charge in [-0.2, -0.15) is 0 Å². The van der Waals surface area contributed by atoms with E-state index in [1.807, 2.05) is 0 Å². The van der Waals surface area contributed by atoms with Crippen LogP contribution in [0.5, 0.6) is 0 Å². The largest absolute Gasteiger partial charge is 0.392 e. The zero-order valence-electron chi connectivity index (χ0n) is 9.44. The Labute approximate surface area is 90.6 Å². The lowest BCUT2D eigenvalue weighted by atomic mass is 9.92. The van der Waals surface area contributed by atoms with Gasteiger partial charge in [0.15, 0.2) is 6.29 Å². The van der Waals surface area contributed by atoms with Gasteiger partial charge < -0.3 is 14.3 Å². The van der Waals surface area contributed by atoms with E-state index >= 15 is 0 Å². The van der Waals surface area contributed by atoms with Crippen LogP contribution in [0.25, 0.3) is 0 Å². The second kappa shape index (κ2) is 4.94. The monoisotopic (exact) mass is 213 g/mol. The predicted molar refractivity (Wildman–Crippen MR) is 56.7 cm³/mol. The van der Waals surface area contributed by atoms with Gasteiger partial charge in [-0.3, -0.25) is 0 Å². The molecule has 0 spiro atoms. The molecule has 0 aliphatic carbocycles. The summed E-state index contributed by atoms with van der Waals surface area (Å²) in [6.07, 6.45) is 3.03. The molecule has 2 heterocycles. The van der Waals surface area contributed by atoms with Crippen LogP contribution in [-0.2, 0) is 14.3 Å². The van der Waals surface area contributed by atoms with Crippen molar-refractivity contribution in [1.82, 2.24) is 0 Å². The molecule has 0 aromatic rings. The maximum Gasteiger partial charge on any atom is 0.169 e. The van der Waals surface area contributed by atoms with Gasteiger partial charge in [-0.25, -0.2) is 0 Å². The van der Waals surface area contributed by atoms with Crippen molar-refractivity contribution in [3.8, 4) is 0 Å². The van der Waals surface area contributed by atoms with Crippen LogP contribution in [0.15, 0.2) is 5.16 Å². The van der Waals surface area contributed by atoms with Gasteiger partial charge in [-0.15, -0.1) is 0 Å². The molecule has 0 aromatic heterocycles. The van der Waals surface area contributed by atoms with Gasteiger partial charge in [-0.1, -0.05) is 25.4 Å². The summed E-state index contributed by atoms with van der Waals surface area (Å²) >= 11 is 0. The normalized spacial score (nSPS) is 31.7. The van der Waals surface area contributed by atoms with Crippen LogP contribution in [0.4, 0.5) is 0 Å². The van der Waals surface area contributed by atoms with E-state index in [1.54, 1.807) is 0 Å². The lowest BCUT2D eigenvalue weighted by Gasteiger charge is -2.22. The molecule has 2 aliphatic rings. The molecule has 0 N–H and O–H groups in total. The van der Waals surface area contributed by atoms with Crippen molar-refractivity contribution in [2.24, 2.45) is 11.1 Å². The second-order valence-electron chi connectivity index (χ2n) is 4.00. The summed E-state index contributed by atoms with van der Waals surface area (Å²) in [5, 5.41) is 4.14. The standard InChI is InChI=1S/C11H19NO3/c1-3-5-9-10(8(4-2)12-15-9)11-13-6-7-14-11/h9-11H,3-7H2,1-2H3. The molecule has 0 bridgehead atoms. The Morgan fingerprint density at radius 3 is 2.60 bits per heavy atom. The van der Waals surface area contributed by atoms with E-state index in [0.29, 0.717) is 13.2 Å². The molecule has 4 heteroatoms. The van der Waals surface area contributed by atoms with E-state index in [-0.39, 0.29) is 18.3 Å². The Hall–Kier alpha value is -0.610. The van der Waals surface area contributed by atoms with E-state index in [0.717, 1.165) is 25.0 Å². The predicted octanol–water partition coefficient (Wildman–Crippen LogP) is 1.94. The first kappa shape index (κ1) is 10.9. The zero-order chi connectivity index (χ0) is 10.7. The Balaban J connectivity index is 2.03. The number of hydrogen-bond donors (Lipinski definition) is 0. The molecule has 2 atom stereocenters. The minimum absolute atomic E-state index is 0.136. The fourth-order valence-corrected chi connectivity index (χ4v) is 2.21. The van der Waals surface area contributed by atoms with Crippen molar-refractivity contribution in [2.75, 3.05) is 13.2 Å². The van der Waals surface area contributed by atoms with Gasteiger partial charge >= 0.3 is 0 Å². The smallest absolute Gasteiger partial charge is 0.169 e. The topological polar surface area (TPSA) is 40.0 Å². The fourth-order valence-electron chi connectivity index (χ4n) is 2.21. The Kier molecular flexibility index (Phi) is 3.59. The highest BCUT2D eigenvalue weighted by molar-refractivity contribution is 5.88. The average Bonchev–Trinajstić information content (AvgIpc) is 2.85. The molecule has 0 radical (unpaired) electrons.